The van der Waals surface area contributed by atoms with Crippen LogP contribution in [0, 0.1) is 0 Å². The summed E-state index contributed by atoms with van der Waals surface area (Å²) in [5, 5.41) is 4.95. The molecule has 0 saturated heterocycles. The maximum Gasteiger partial charge on any atom is 0.338 e. The molecule has 4 aromatic carbocycles. The molecule has 49 heavy (non-hydrogen) atoms. The van der Waals surface area contributed by atoms with E-state index in [1.807, 2.05) is 42.5 Å². The normalized spacial score (nSPS) is 14.1. The van der Waals surface area contributed by atoms with Crippen molar-refractivity contribution in [3.8, 4) is 23.0 Å². The van der Waals surface area contributed by atoms with Crippen molar-refractivity contribution in [3.63, 3.8) is 0 Å². The van der Waals surface area contributed by atoms with E-state index < -0.39 is 12.0 Å². The van der Waals surface area contributed by atoms with Crippen LogP contribution < -0.4 is 39.2 Å². The molecule has 12 heteroatoms. The number of carbonyl (C=O) groups is 2. The number of benzene rings is 4. The van der Waals surface area contributed by atoms with Gasteiger partial charge in [-0.05, 0) is 71.3 Å². The highest BCUT2D eigenvalue weighted by atomic mass is 32.1. The second-order valence-corrected chi connectivity index (χ2v) is 12.0. The van der Waals surface area contributed by atoms with E-state index in [2.05, 4.69) is 10.3 Å². The number of carbonyl (C=O) groups excluding carboxylic acids is 2. The Kier molecular flexibility index (Phi) is 9.49. The minimum atomic E-state index is -0.822. The van der Waals surface area contributed by atoms with E-state index in [-0.39, 0.29) is 23.6 Å². The zero-order chi connectivity index (χ0) is 34.7. The first kappa shape index (κ1) is 33.0. The molecule has 1 amide bonds. The molecule has 1 aromatic heterocycles. The van der Waals surface area contributed by atoms with Gasteiger partial charge in [0.2, 0.25) is 0 Å². The number of nitrogens with zero attached hydrogens (tertiary/aromatic N) is 2. The lowest BCUT2D eigenvalue weighted by molar-refractivity contribution is -0.136. The van der Waals surface area contributed by atoms with Gasteiger partial charge in [-0.3, -0.25) is 14.2 Å². The van der Waals surface area contributed by atoms with Crippen molar-refractivity contribution in [1.29, 1.82) is 0 Å². The van der Waals surface area contributed by atoms with E-state index in [0.717, 1.165) is 10.8 Å². The van der Waals surface area contributed by atoms with Crippen LogP contribution in [-0.2, 0) is 14.3 Å². The van der Waals surface area contributed by atoms with Gasteiger partial charge in [-0.15, -0.1) is 0 Å². The van der Waals surface area contributed by atoms with Crippen LogP contribution in [-0.4, -0.2) is 51.5 Å². The van der Waals surface area contributed by atoms with Crippen LogP contribution in [0.5, 0.6) is 23.0 Å². The fraction of sp³-hybridized carbons (Fsp3) is 0.189. The van der Waals surface area contributed by atoms with Gasteiger partial charge in [-0.2, -0.15) is 0 Å². The first-order chi connectivity index (χ1) is 23.7. The van der Waals surface area contributed by atoms with Gasteiger partial charge in [-0.25, -0.2) is 9.79 Å². The molecule has 0 bridgehead atoms. The molecule has 0 aliphatic carbocycles. The lowest BCUT2D eigenvalue weighted by atomic mass is 9.95. The van der Waals surface area contributed by atoms with Crippen molar-refractivity contribution >= 4 is 45.7 Å². The standard InChI is InChI=1S/C37H33N3O8S/c1-21-33(36(43)47-5)34(25-12-15-27(44-2)30(19-25)46-4)40-35(42)31(49-37(40)38-21)17-22-10-14-28(29(16-22)45-3)48-20-32(41)39-26-13-11-23-8-6-7-9-24(23)18-26/h6-19,34H,20H2,1-5H3,(H,39,41)/b31-17+/t34-/m0/s1. The first-order valence-electron chi connectivity index (χ1n) is 15.2. The molecule has 1 aliphatic rings. The number of fused-ring (bicyclic) bond motifs is 2. The van der Waals surface area contributed by atoms with Gasteiger partial charge < -0.3 is 29.0 Å². The van der Waals surface area contributed by atoms with Crippen molar-refractivity contribution in [1.82, 2.24) is 4.57 Å². The molecule has 1 atom stereocenters. The number of amides is 1. The summed E-state index contributed by atoms with van der Waals surface area (Å²) < 4.78 is 29.2. The molecule has 1 N–H and O–H groups in total. The van der Waals surface area contributed by atoms with E-state index in [4.69, 9.17) is 23.7 Å². The third-order valence-corrected chi connectivity index (χ3v) is 9.01. The molecule has 0 spiro atoms. The molecule has 0 radical (unpaired) electrons. The predicted molar refractivity (Wildman–Crippen MR) is 186 cm³/mol. The highest BCUT2D eigenvalue weighted by Crippen LogP contribution is 2.36. The number of methoxy groups -OCH3 is 4. The number of rotatable bonds is 10. The monoisotopic (exact) mass is 679 g/mol. The zero-order valence-corrected chi connectivity index (χ0v) is 28.3. The van der Waals surface area contributed by atoms with E-state index in [1.165, 1.54) is 44.3 Å². The molecule has 0 fully saturated rings. The van der Waals surface area contributed by atoms with Crippen LogP contribution in [0.1, 0.15) is 24.1 Å². The van der Waals surface area contributed by atoms with Gasteiger partial charge in [0.05, 0.1) is 50.3 Å². The third kappa shape index (κ3) is 6.63. The highest BCUT2D eigenvalue weighted by Gasteiger charge is 2.33. The Hall–Kier alpha value is -5.88. The Morgan fingerprint density at radius 1 is 0.857 bits per heavy atom. The summed E-state index contributed by atoms with van der Waals surface area (Å²) in [5.74, 6) is 0.774. The minimum absolute atomic E-state index is 0.237. The van der Waals surface area contributed by atoms with Gasteiger partial charge in [0.15, 0.2) is 34.4 Å². The average Bonchev–Trinajstić information content (AvgIpc) is 3.42. The number of anilines is 1. The fourth-order valence-electron chi connectivity index (χ4n) is 5.68. The van der Waals surface area contributed by atoms with Gasteiger partial charge >= 0.3 is 5.97 Å². The van der Waals surface area contributed by atoms with E-state index in [1.54, 1.807) is 49.4 Å². The number of esters is 1. The maximum absolute atomic E-state index is 14.0. The molecule has 0 saturated carbocycles. The Labute approximate surface area is 285 Å². The third-order valence-electron chi connectivity index (χ3n) is 8.03. The Balaban J connectivity index is 1.28. The van der Waals surface area contributed by atoms with Crippen LogP contribution in [0.4, 0.5) is 5.69 Å². The molecule has 11 nitrogen and oxygen atoms in total. The van der Waals surface area contributed by atoms with Crippen LogP contribution in [0.2, 0.25) is 0 Å². The second-order valence-electron chi connectivity index (χ2n) is 11.0. The lowest BCUT2D eigenvalue weighted by Gasteiger charge is -2.25. The number of ether oxygens (including phenoxy) is 5. The molecule has 1 aliphatic heterocycles. The second kappa shape index (κ2) is 14.1. The largest absolute Gasteiger partial charge is 0.493 e. The van der Waals surface area contributed by atoms with Gasteiger partial charge in [0.25, 0.3) is 11.5 Å². The molecule has 2 heterocycles. The molecule has 0 unspecified atom stereocenters. The predicted octanol–water partition coefficient (Wildman–Crippen LogP) is 4.60. The Morgan fingerprint density at radius 2 is 1.57 bits per heavy atom. The van der Waals surface area contributed by atoms with Crippen molar-refractivity contribution in [2.75, 3.05) is 40.4 Å². The minimum Gasteiger partial charge on any atom is -0.493 e. The summed E-state index contributed by atoms with van der Waals surface area (Å²) in [6.07, 6.45) is 1.71. The van der Waals surface area contributed by atoms with Crippen LogP contribution in [0.3, 0.4) is 0 Å². The maximum atomic E-state index is 14.0. The number of hydrogen-bond donors (Lipinski definition) is 1. The summed E-state index contributed by atoms with van der Waals surface area (Å²) in [6.45, 7) is 1.47. The van der Waals surface area contributed by atoms with Crippen LogP contribution in [0.15, 0.2) is 99.9 Å². The molecule has 250 valence electrons. The van der Waals surface area contributed by atoms with E-state index in [0.29, 0.717) is 54.8 Å². The van der Waals surface area contributed by atoms with Gasteiger partial charge in [0.1, 0.15) is 0 Å². The SMILES string of the molecule is COC(=O)C1=C(C)N=c2s/c(=C/c3ccc(OCC(=O)Nc4ccc5ccccc5c4)c(OC)c3)c(=O)n2[C@H]1c1ccc(OC)c(OC)c1. The van der Waals surface area contributed by atoms with E-state index in [9.17, 15) is 14.4 Å². The molecular weight excluding hydrogens is 646 g/mol. The number of hydrogen-bond acceptors (Lipinski definition) is 10. The van der Waals surface area contributed by atoms with Crippen molar-refractivity contribution in [2.24, 2.45) is 4.99 Å². The van der Waals surface area contributed by atoms with Crippen molar-refractivity contribution < 1.29 is 33.3 Å². The first-order valence-corrected chi connectivity index (χ1v) is 16.0. The topological polar surface area (TPSA) is 127 Å². The molecule has 6 rings (SSSR count). The highest BCUT2D eigenvalue weighted by molar-refractivity contribution is 7.07. The number of thiazole rings is 1. The number of allylic oxidation sites excluding steroid dienone is 1. The summed E-state index contributed by atoms with van der Waals surface area (Å²) >= 11 is 1.19. The van der Waals surface area contributed by atoms with Gasteiger partial charge in [0, 0.05) is 5.69 Å². The number of nitrogens with one attached hydrogen (secondary N) is 1. The average molecular weight is 680 g/mol. The quantitative estimate of drug-likeness (QED) is 0.212. The molecular formula is C37H33N3O8S. The fourth-order valence-corrected chi connectivity index (χ4v) is 6.73. The summed E-state index contributed by atoms with van der Waals surface area (Å²) in [4.78, 5) is 44.8. The number of aromatic nitrogens is 1. The Morgan fingerprint density at radius 3 is 2.31 bits per heavy atom. The lowest BCUT2D eigenvalue weighted by Crippen LogP contribution is -2.39. The summed E-state index contributed by atoms with van der Waals surface area (Å²) in [6, 6.07) is 23.1. The Bertz CT molecular complexity index is 2310. The summed E-state index contributed by atoms with van der Waals surface area (Å²) in [7, 11) is 5.83. The van der Waals surface area contributed by atoms with E-state index >= 15 is 0 Å². The van der Waals surface area contributed by atoms with Crippen LogP contribution in [0.25, 0.3) is 16.8 Å². The van der Waals surface area contributed by atoms with Crippen molar-refractivity contribution in [3.05, 3.63) is 121 Å². The zero-order valence-electron chi connectivity index (χ0n) is 27.4. The van der Waals surface area contributed by atoms with Gasteiger partial charge in [-0.1, -0.05) is 53.8 Å². The molecule has 5 aromatic rings. The van der Waals surface area contributed by atoms with Crippen LogP contribution >= 0.6 is 11.3 Å². The van der Waals surface area contributed by atoms with Crippen molar-refractivity contribution in [2.45, 2.75) is 13.0 Å². The smallest absolute Gasteiger partial charge is 0.338 e. The summed E-state index contributed by atoms with van der Waals surface area (Å²) in [5.41, 5.74) is 2.27.